The number of oxime groups is 1. The molecule has 0 aliphatic carbocycles. The number of nitrogens with two attached hydrogens (primary N) is 1. The molecule has 0 bridgehead atoms. The predicted octanol–water partition coefficient (Wildman–Crippen LogP) is 2.54. The largest absolute Gasteiger partial charge is 0.409 e. The first-order chi connectivity index (χ1) is 10.0. The van der Waals surface area contributed by atoms with Crippen LogP contribution in [0.25, 0.3) is 0 Å². The van der Waals surface area contributed by atoms with Crippen LogP contribution in [0.1, 0.15) is 11.1 Å². The number of nitrogens with zero attached hydrogens (tertiary/aromatic N) is 3. The third-order valence-corrected chi connectivity index (χ3v) is 3.63. The summed E-state index contributed by atoms with van der Waals surface area (Å²) in [4.78, 5) is 15.5. The molecule has 1 aromatic heterocycles. The van der Waals surface area contributed by atoms with E-state index in [9.17, 15) is 10.1 Å². The summed E-state index contributed by atoms with van der Waals surface area (Å²) in [5.74, 6) is -0.224. The van der Waals surface area contributed by atoms with Crippen LogP contribution >= 0.6 is 11.8 Å². The van der Waals surface area contributed by atoms with Gasteiger partial charge in [0.05, 0.1) is 4.92 Å². The summed E-state index contributed by atoms with van der Waals surface area (Å²) in [5.41, 5.74) is 6.47. The highest BCUT2D eigenvalue weighted by atomic mass is 32.2. The smallest absolute Gasteiger partial charge is 0.302 e. The molecule has 0 radical (unpaired) electrons. The second-order valence-corrected chi connectivity index (χ2v) is 5.27. The van der Waals surface area contributed by atoms with E-state index in [1.54, 1.807) is 0 Å². The van der Waals surface area contributed by atoms with Crippen LogP contribution in [-0.2, 0) is 0 Å². The summed E-state index contributed by atoms with van der Waals surface area (Å²) in [6, 6.07) is 8.80. The normalized spacial score (nSPS) is 11.4. The summed E-state index contributed by atoms with van der Waals surface area (Å²) < 4.78 is 0. The fourth-order valence-electron chi connectivity index (χ4n) is 1.64. The number of pyridine rings is 1. The fourth-order valence-corrected chi connectivity index (χ4v) is 2.60. The van der Waals surface area contributed by atoms with Crippen LogP contribution in [0.4, 0.5) is 5.69 Å². The van der Waals surface area contributed by atoms with Crippen LogP contribution < -0.4 is 5.73 Å². The quantitative estimate of drug-likeness (QED) is 0.295. The molecular weight excluding hydrogens is 292 g/mol. The molecule has 0 aliphatic heterocycles. The van der Waals surface area contributed by atoms with E-state index >= 15 is 0 Å². The van der Waals surface area contributed by atoms with Gasteiger partial charge in [0.15, 0.2) is 10.9 Å². The summed E-state index contributed by atoms with van der Waals surface area (Å²) in [5, 5.41) is 22.8. The van der Waals surface area contributed by atoms with E-state index in [1.807, 2.05) is 31.2 Å². The number of amidine groups is 1. The highest BCUT2D eigenvalue weighted by Gasteiger charge is 2.18. The van der Waals surface area contributed by atoms with E-state index in [-0.39, 0.29) is 22.1 Å². The van der Waals surface area contributed by atoms with Gasteiger partial charge < -0.3 is 10.9 Å². The van der Waals surface area contributed by atoms with E-state index in [0.717, 1.165) is 10.5 Å². The minimum absolute atomic E-state index is 0.189. The second kappa shape index (κ2) is 6.23. The van der Waals surface area contributed by atoms with Crippen molar-refractivity contribution < 1.29 is 10.1 Å². The topological polar surface area (TPSA) is 115 Å². The molecule has 0 unspecified atom stereocenters. The van der Waals surface area contributed by atoms with Crippen molar-refractivity contribution in [2.24, 2.45) is 10.9 Å². The predicted molar refractivity (Wildman–Crippen MR) is 78.7 cm³/mol. The minimum atomic E-state index is -0.542. The highest BCUT2D eigenvalue weighted by molar-refractivity contribution is 7.99. The number of aryl methyl sites for hydroxylation is 1. The Morgan fingerprint density at radius 2 is 2.24 bits per heavy atom. The average Bonchev–Trinajstić information content (AvgIpc) is 2.46. The number of hydrogen-bond donors (Lipinski definition) is 2. The Morgan fingerprint density at radius 1 is 1.48 bits per heavy atom. The highest BCUT2D eigenvalue weighted by Crippen LogP contribution is 2.33. The van der Waals surface area contributed by atoms with Crippen molar-refractivity contribution in [3.05, 3.63) is 57.8 Å². The Morgan fingerprint density at radius 3 is 2.86 bits per heavy atom. The molecule has 3 N–H and O–H groups in total. The van der Waals surface area contributed by atoms with E-state index in [1.165, 1.54) is 24.0 Å². The first kappa shape index (κ1) is 14.8. The number of hydrogen-bond acceptors (Lipinski definition) is 6. The number of rotatable bonds is 4. The van der Waals surface area contributed by atoms with Crippen molar-refractivity contribution in [1.29, 1.82) is 0 Å². The first-order valence-corrected chi connectivity index (χ1v) is 6.69. The molecule has 108 valence electrons. The lowest BCUT2D eigenvalue weighted by molar-refractivity contribution is -0.388. The standard InChI is InChI=1S/C13H12N4O3S/c1-8-3-2-4-10(5-8)21-13-11(17(19)20)6-9(7-15-13)12(14)16-18/h2-7,18H,1H3,(H2,14,16). The van der Waals surface area contributed by atoms with Gasteiger partial charge in [0.2, 0.25) is 0 Å². The molecule has 2 rings (SSSR count). The van der Waals surface area contributed by atoms with Crippen LogP contribution in [0.5, 0.6) is 0 Å². The van der Waals surface area contributed by atoms with Crippen LogP contribution in [0.3, 0.4) is 0 Å². The summed E-state index contributed by atoms with van der Waals surface area (Å²) in [6.07, 6.45) is 1.33. The van der Waals surface area contributed by atoms with Gasteiger partial charge in [0.25, 0.3) is 0 Å². The van der Waals surface area contributed by atoms with E-state index < -0.39 is 4.92 Å². The summed E-state index contributed by atoms with van der Waals surface area (Å²) >= 11 is 1.19. The van der Waals surface area contributed by atoms with Gasteiger partial charge in [0.1, 0.15) is 0 Å². The van der Waals surface area contributed by atoms with Gasteiger partial charge in [-0.2, -0.15) is 0 Å². The number of benzene rings is 1. The van der Waals surface area contributed by atoms with Crippen LogP contribution in [-0.4, -0.2) is 21.0 Å². The molecule has 8 heteroatoms. The Kier molecular flexibility index (Phi) is 4.39. The molecule has 0 aliphatic rings. The van der Waals surface area contributed by atoms with Gasteiger partial charge in [-0.15, -0.1) is 0 Å². The second-order valence-electron chi connectivity index (χ2n) is 4.21. The van der Waals surface area contributed by atoms with Gasteiger partial charge in [-0.05, 0) is 19.1 Å². The van der Waals surface area contributed by atoms with Gasteiger partial charge in [0, 0.05) is 22.7 Å². The van der Waals surface area contributed by atoms with Crippen molar-refractivity contribution in [3.63, 3.8) is 0 Å². The van der Waals surface area contributed by atoms with Crippen molar-refractivity contribution in [3.8, 4) is 0 Å². The van der Waals surface area contributed by atoms with Crippen LogP contribution in [0, 0.1) is 17.0 Å². The van der Waals surface area contributed by atoms with Crippen LogP contribution in [0.15, 0.2) is 51.6 Å². The molecule has 1 aromatic carbocycles. The Hall–Kier alpha value is -2.61. The van der Waals surface area contributed by atoms with E-state index in [4.69, 9.17) is 10.9 Å². The molecule has 0 fully saturated rings. The zero-order chi connectivity index (χ0) is 15.4. The number of nitro groups is 1. The van der Waals surface area contributed by atoms with E-state index in [2.05, 4.69) is 10.1 Å². The zero-order valence-corrected chi connectivity index (χ0v) is 11.9. The lowest BCUT2D eigenvalue weighted by Gasteiger charge is -2.05. The third kappa shape index (κ3) is 3.48. The van der Waals surface area contributed by atoms with Gasteiger partial charge in [-0.3, -0.25) is 10.1 Å². The lowest BCUT2D eigenvalue weighted by Crippen LogP contribution is -2.14. The van der Waals surface area contributed by atoms with Gasteiger partial charge in [-0.25, -0.2) is 4.98 Å². The SMILES string of the molecule is Cc1cccc(Sc2ncc(/C(N)=N/O)cc2[N+](=O)[O-])c1. The molecule has 0 saturated heterocycles. The summed E-state index contributed by atoms with van der Waals surface area (Å²) in [6.45, 7) is 1.94. The molecule has 2 aromatic rings. The maximum absolute atomic E-state index is 11.2. The van der Waals surface area contributed by atoms with Crippen LogP contribution in [0.2, 0.25) is 0 Å². The Balaban J connectivity index is 2.41. The zero-order valence-electron chi connectivity index (χ0n) is 11.1. The lowest BCUT2D eigenvalue weighted by atomic mass is 10.2. The minimum Gasteiger partial charge on any atom is -0.409 e. The van der Waals surface area contributed by atoms with Crippen molar-refractivity contribution in [2.75, 3.05) is 0 Å². The Bertz CT molecular complexity index is 718. The Labute approximate surface area is 124 Å². The maximum Gasteiger partial charge on any atom is 0.302 e. The monoisotopic (exact) mass is 304 g/mol. The molecule has 0 spiro atoms. The average molecular weight is 304 g/mol. The molecule has 21 heavy (non-hydrogen) atoms. The molecular formula is C13H12N4O3S. The maximum atomic E-state index is 11.2. The third-order valence-electron chi connectivity index (χ3n) is 2.64. The van der Waals surface area contributed by atoms with E-state index in [0.29, 0.717) is 0 Å². The molecule has 7 nitrogen and oxygen atoms in total. The van der Waals surface area contributed by atoms with Crippen molar-refractivity contribution >= 4 is 23.3 Å². The van der Waals surface area contributed by atoms with Gasteiger partial charge in [-0.1, -0.05) is 34.6 Å². The fraction of sp³-hybridized carbons (Fsp3) is 0.0769. The number of aromatic nitrogens is 1. The first-order valence-electron chi connectivity index (χ1n) is 5.88. The molecule has 0 saturated carbocycles. The molecule has 0 amide bonds. The van der Waals surface area contributed by atoms with Crippen molar-refractivity contribution in [1.82, 2.24) is 4.98 Å². The molecule has 0 atom stereocenters. The van der Waals surface area contributed by atoms with Gasteiger partial charge >= 0.3 is 5.69 Å². The van der Waals surface area contributed by atoms with Crippen molar-refractivity contribution in [2.45, 2.75) is 16.8 Å². The summed E-state index contributed by atoms with van der Waals surface area (Å²) in [7, 11) is 0. The molecule has 1 heterocycles.